The number of unbranched alkanes of at least 4 members (excludes halogenated alkanes) is 1. The fraction of sp³-hybridized carbons (Fsp3) is 0.333. The quantitative estimate of drug-likeness (QED) is 0.361. The van der Waals surface area contributed by atoms with Crippen LogP contribution in [0, 0.1) is 12.8 Å². The van der Waals surface area contributed by atoms with E-state index in [2.05, 4.69) is 13.8 Å². The van der Waals surface area contributed by atoms with Crippen molar-refractivity contribution < 1.29 is 22.3 Å². The number of rotatable bonds is 9. The minimum atomic E-state index is -4.37. The van der Waals surface area contributed by atoms with Crippen LogP contribution >= 0.6 is 0 Å². The van der Waals surface area contributed by atoms with Crippen molar-refractivity contribution in [2.75, 3.05) is 0 Å². The zero-order chi connectivity index (χ0) is 24.5. The van der Waals surface area contributed by atoms with Gasteiger partial charge in [-0.3, -0.25) is 9.59 Å². The van der Waals surface area contributed by atoms with Crippen LogP contribution in [0.1, 0.15) is 71.4 Å². The summed E-state index contributed by atoms with van der Waals surface area (Å²) in [6.07, 6.45) is 5.36. The highest BCUT2D eigenvalue weighted by Crippen LogP contribution is 2.34. The van der Waals surface area contributed by atoms with Gasteiger partial charge in [-0.05, 0) is 54.5 Å². The predicted octanol–water partition coefficient (Wildman–Crippen LogP) is 5.82. The molecule has 0 radical (unpaired) electrons. The third kappa shape index (κ3) is 4.50. The Kier molecular flexibility index (Phi) is 6.86. The van der Waals surface area contributed by atoms with Gasteiger partial charge < -0.3 is 0 Å². The summed E-state index contributed by atoms with van der Waals surface area (Å²) in [7, 11) is -4.37. The van der Waals surface area contributed by atoms with Crippen molar-refractivity contribution in [3.05, 3.63) is 76.9 Å². The number of carbonyl (C=O) groups is 2. The molecule has 0 fully saturated rings. The molecule has 1 heterocycles. The highest BCUT2D eigenvalue weighted by Gasteiger charge is 2.38. The Morgan fingerprint density at radius 3 is 2.24 bits per heavy atom. The lowest BCUT2D eigenvalue weighted by molar-refractivity contribution is -0.0155. The van der Waals surface area contributed by atoms with E-state index in [0.29, 0.717) is 16.4 Å². The molecule has 4 rings (SSSR count). The van der Waals surface area contributed by atoms with Crippen LogP contribution in [-0.2, 0) is 20.8 Å². The number of benzene rings is 3. The van der Waals surface area contributed by atoms with Crippen LogP contribution in [0.25, 0.3) is 10.8 Å². The minimum Gasteiger partial charge on any atom is -0.266 e. The predicted molar refractivity (Wildman–Crippen MR) is 131 cm³/mol. The molecule has 0 saturated heterocycles. The van der Waals surface area contributed by atoms with E-state index in [0.717, 1.165) is 42.2 Å². The standard InChI is InChI=1S/C27H29NO5S/c1-4-6-8-19(5-2)17-20-13-16-24-25-22(20)9-7-10-23(25)26(29)28(27(24)30)33-34(31,32)21-14-11-18(3)12-15-21/h7,9-16,19H,4-6,8,17H2,1-3H3. The number of aryl methyl sites for hydroxylation is 1. The SMILES string of the molecule is CCCCC(CC)Cc1ccc2c3c(cccc13)C(=O)N(OS(=O)(=O)c1ccc(C)cc1)C2=O. The van der Waals surface area contributed by atoms with E-state index in [1.54, 1.807) is 30.3 Å². The first kappa shape index (κ1) is 24.1. The maximum absolute atomic E-state index is 13.2. The summed E-state index contributed by atoms with van der Waals surface area (Å²) >= 11 is 0. The van der Waals surface area contributed by atoms with E-state index in [-0.39, 0.29) is 16.0 Å². The highest BCUT2D eigenvalue weighted by atomic mass is 32.2. The zero-order valence-electron chi connectivity index (χ0n) is 19.7. The molecule has 1 atom stereocenters. The second-order valence-electron chi connectivity index (χ2n) is 8.87. The largest absolute Gasteiger partial charge is 0.318 e. The minimum absolute atomic E-state index is 0.129. The van der Waals surface area contributed by atoms with Gasteiger partial charge in [0, 0.05) is 5.39 Å². The molecule has 178 valence electrons. The van der Waals surface area contributed by atoms with E-state index < -0.39 is 21.9 Å². The molecule has 3 aromatic rings. The van der Waals surface area contributed by atoms with Crippen LogP contribution < -0.4 is 0 Å². The van der Waals surface area contributed by atoms with E-state index in [1.807, 2.05) is 19.1 Å². The Morgan fingerprint density at radius 2 is 1.59 bits per heavy atom. The summed E-state index contributed by atoms with van der Waals surface area (Å²) < 4.78 is 30.6. The first-order valence-corrected chi connectivity index (χ1v) is 13.1. The van der Waals surface area contributed by atoms with E-state index in [1.165, 1.54) is 18.6 Å². The van der Waals surface area contributed by atoms with Gasteiger partial charge in [0.2, 0.25) is 0 Å². The zero-order valence-corrected chi connectivity index (χ0v) is 20.5. The van der Waals surface area contributed by atoms with Crippen LogP contribution in [0.4, 0.5) is 0 Å². The molecule has 2 amide bonds. The summed E-state index contributed by atoms with van der Waals surface area (Å²) in [4.78, 5) is 26.3. The maximum atomic E-state index is 13.2. The van der Waals surface area contributed by atoms with Gasteiger partial charge >= 0.3 is 10.1 Å². The van der Waals surface area contributed by atoms with Crippen molar-refractivity contribution in [1.29, 1.82) is 0 Å². The molecule has 7 heteroatoms. The molecule has 1 unspecified atom stereocenters. The normalized spacial score (nSPS) is 14.6. The lowest BCUT2D eigenvalue weighted by atomic mass is 9.86. The lowest BCUT2D eigenvalue weighted by Crippen LogP contribution is -2.41. The highest BCUT2D eigenvalue weighted by molar-refractivity contribution is 7.86. The Morgan fingerprint density at radius 1 is 0.912 bits per heavy atom. The Labute approximate surface area is 200 Å². The topological polar surface area (TPSA) is 80.8 Å². The van der Waals surface area contributed by atoms with Crippen LogP contribution in [-0.4, -0.2) is 25.3 Å². The first-order chi connectivity index (χ1) is 16.3. The second kappa shape index (κ2) is 9.68. The van der Waals surface area contributed by atoms with Crippen molar-refractivity contribution in [2.24, 2.45) is 5.92 Å². The van der Waals surface area contributed by atoms with Gasteiger partial charge in [0.1, 0.15) is 0 Å². The molecule has 6 nitrogen and oxygen atoms in total. The molecular formula is C27H29NO5S. The summed E-state index contributed by atoms with van der Waals surface area (Å²) in [6, 6.07) is 14.9. The van der Waals surface area contributed by atoms with Gasteiger partial charge in [-0.25, -0.2) is 0 Å². The molecule has 0 aromatic heterocycles. The molecular weight excluding hydrogens is 450 g/mol. The lowest BCUT2D eigenvalue weighted by Gasteiger charge is -2.26. The summed E-state index contributed by atoms with van der Waals surface area (Å²) in [5, 5.41) is 1.78. The second-order valence-corrected chi connectivity index (χ2v) is 10.4. The summed E-state index contributed by atoms with van der Waals surface area (Å²) in [5.41, 5.74) is 2.48. The van der Waals surface area contributed by atoms with Crippen molar-refractivity contribution in [2.45, 2.75) is 57.8 Å². The van der Waals surface area contributed by atoms with Crippen LogP contribution in [0.3, 0.4) is 0 Å². The van der Waals surface area contributed by atoms with Gasteiger partial charge in [0.05, 0.1) is 16.0 Å². The van der Waals surface area contributed by atoms with Gasteiger partial charge in [-0.15, -0.1) is 9.35 Å². The van der Waals surface area contributed by atoms with Crippen LogP contribution in [0.15, 0.2) is 59.5 Å². The summed E-state index contributed by atoms with van der Waals surface area (Å²) in [6.45, 7) is 6.19. The number of carbonyl (C=O) groups excluding carboxylic acids is 2. The van der Waals surface area contributed by atoms with Gasteiger partial charge in [-0.2, -0.15) is 8.42 Å². The maximum Gasteiger partial charge on any atom is 0.318 e. The fourth-order valence-corrected chi connectivity index (χ4v) is 5.37. The van der Waals surface area contributed by atoms with Crippen molar-refractivity contribution in [1.82, 2.24) is 5.06 Å². The number of hydrogen-bond acceptors (Lipinski definition) is 5. The molecule has 34 heavy (non-hydrogen) atoms. The molecule has 0 N–H and O–H groups in total. The molecule has 1 aliphatic heterocycles. The van der Waals surface area contributed by atoms with Crippen molar-refractivity contribution >= 4 is 32.7 Å². The fourth-order valence-electron chi connectivity index (χ4n) is 4.48. The third-order valence-corrected chi connectivity index (χ3v) is 7.69. The van der Waals surface area contributed by atoms with E-state index >= 15 is 0 Å². The van der Waals surface area contributed by atoms with Crippen LogP contribution in [0.5, 0.6) is 0 Å². The number of imide groups is 1. The number of hydroxylamine groups is 2. The van der Waals surface area contributed by atoms with Gasteiger partial charge in [0.15, 0.2) is 0 Å². The van der Waals surface area contributed by atoms with Gasteiger partial charge in [0.25, 0.3) is 11.8 Å². The molecule has 0 spiro atoms. The average Bonchev–Trinajstić information content (AvgIpc) is 2.83. The molecule has 0 aliphatic carbocycles. The molecule has 3 aromatic carbocycles. The van der Waals surface area contributed by atoms with E-state index in [9.17, 15) is 18.0 Å². The first-order valence-electron chi connectivity index (χ1n) is 11.7. The van der Waals surface area contributed by atoms with Crippen molar-refractivity contribution in [3.8, 4) is 0 Å². The van der Waals surface area contributed by atoms with E-state index in [4.69, 9.17) is 4.28 Å². The molecule has 1 aliphatic rings. The molecule has 0 saturated carbocycles. The Balaban J connectivity index is 1.70. The number of nitrogens with zero attached hydrogens (tertiary/aromatic N) is 1. The summed E-state index contributed by atoms with van der Waals surface area (Å²) in [5.74, 6) is -1.05. The van der Waals surface area contributed by atoms with Gasteiger partial charge in [-0.1, -0.05) is 75.4 Å². The number of hydrogen-bond donors (Lipinski definition) is 0. The average molecular weight is 480 g/mol. The smallest absolute Gasteiger partial charge is 0.266 e. The van der Waals surface area contributed by atoms with Crippen molar-refractivity contribution in [3.63, 3.8) is 0 Å². The van der Waals surface area contributed by atoms with Crippen LogP contribution in [0.2, 0.25) is 0 Å². The molecule has 0 bridgehead atoms. The third-order valence-electron chi connectivity index (χ3n) is 6.49. The Hall–Kier alpha value is -3.03. The Bertz CT molecular complexity index is 1320. The monoisotopic (exact) mass is 479 g/mol. The number of amides is 2.